The van der Waals surface area contributed by atoms with Crippen molar-refractivity contribution < 1.29 is 31.8 Å². The maximum Gasteiger partial charge on any atom is 0.233 e. The first-order valence-electron chi connectivity index (χ1n) is 12.1. The molecule has 1 aliphatic heterocycles. The predicted octanol–water partition coefficient (Wildman–Crippen LogP) is 4.93. The van der Waals surface area contributed by atoms with Gasteiger partial charge in [0.15, 0.2) is 23.0 Å². The molecule has 0 radical (unpaired) electrons. The summed E-state index contributed by atoms with van der Waals surface area (Å²) in [7, 11) is -0.892. The van der Waals surface area contributed by atoms with Gasteiger partial charge in [-0.15, -0.1) is 0 Å². The van der Waals surface area contributed by atoms with E-state index in [4.69, 9.17) is 23.4 Å². The lowest BCUT2D eigenvalue weighted by atomic mass is 10.1. The normalized spacial score (nSPS) is 12.7. The van der Waals surface area contributed by atoms with Crippen LogP contribution in [0.5, 0.6) is 23.0 Å². The molecular formula is C28H28N2O7S. The Kier molecular flexibility index (Phi) is 7.15. The van der Waals surface area contributed by atoms with Crippen LogP contribution in [0.15, 0.2) is 75.0 Å². The maximum atomic E-state index is 13.7. The van der Waals surface area contributed by atoms with Crippen molar-refractivity contribution in [2.45, 2.75) is 23.3 Å². The van der Waals surface area contributed by atoms with Crippen molar-refractivity contribution in [2.75, 3.05) is 39.3 Å². The van der Waals surface area contributed by atoms with Crippen molar-refractivity contribution in [3.63, 3.8) is 0 Å². The quantitative estimate of drug-likeness (QED) is 0.319. The topological polar surface area (TPSA) is 109 Å². The van der Waals surface area contributed by atoms with Gasteiger partial charge in [0.2, 0.25) is 26.6 Å². The second-order valence-corrected chi connectivity index (χ2v) is 10.6. The zero-order chi connectivity index (χ0) is 26.7. The molecule has 0 unspecified atom stereocenters. The third-order valence-corrected chi connectivity index (χ3v) is 7.78. The number of oxazole rings is 1. The molecule has 4 aromatic rings. The fraction of sp³-hybridized carbons (Fsp3) is 0.250. The minimum absolute atomic E-state index is 0.0356. The monoisotopic (exact) mass is 536 g/mol. The summed E-state index contributed by atoms with van der Waals surface area (Å²) >= 11 is 0. The van der Waals surface area contributed by atoms with Crippen molar-refractivity contribution in [2.24, 2.45) is 0 Å². The number of ether oxygens (including phenoxy) is 4. The van der Waals surface area contributed by atoms with Gasteiger partial charge >= 0.3 is 0 Å². The molecule has 0 atom stereocenters. The second kappa shape index (κ2) is 10.7. The van der Waals surface area contributed by atoms with Crippen LogP contribution in [0, 0.1) is 6.92 Å². The number of methoxy groups -OCH3 is 2. The van der Waals surface area contributed by atoms with Crippen LogP contribution in [0.1, 0.15) is 11.1 Å². The number of hydrogen-bond acceptors (Lipinski definition) is 9. The van der Waals surface area contributed by atoms with Gasteiger partial charge in [-0.1, -0.05) is 23.8 Å². The molecule has 0 bridgehead atoms. The summed E-state index contributed by atoms with van der Waals surface area (Å²) in [6.07, 6.45) is 0.574. The van der Waals surface area contributed by atoms with E-state index in [1.807, 2.05) is 49.4 Å². The molecule has 3 aromatic carbocycles. The molecule has 1 N–H and O–H groups in total. The summed E-state index contributed by atoms with van der Waals surface area (Å²) in [5.41, 5.74) is 2.71. The standard InChI is InChI=1S/C28H28N2O7S/c1-18-4-7-20(8-5-18)26-30-28(38(31,32)21-9-11-23-25(17-21)36-15-14-35-23)27(37-26)29-13-12-19-6-10-22(33-2)24(16-19)34-3/h4-11,16-17,29H,12-15H2,1-3H3. The number of anilines is 1. The number of hydrogen-bond donors (Lipinski definition) is 1. The summed E-state index contributed by atoms with van der Waals surface area (Å²) in [4.78, 5) is 4.46. The van der Waals surface area contributed by atoms with Crippen LogP contribution in [0.3, 0.4) is 0 Å². The van der Waals surface area contributed by atoms with Crippen LogP contribution in [-0.2, 0) is 16.3 Å². The molecule has 9 nitrogen and oxygen atoms in total. The number of fused-ring (bicyclic) bond motifs is 1. The molecule has 5 rings (SSSR count). The van der Waals surface area contributed by atoms with Crippen LogP contribution in [0.2, 0.25) is 0 Å². The molecule has 2 heterocycles. The van der Waals surface area contributed by atoms with E-state index in [9.17, 15) is 8.42 Å². The Labute approximate surface area is 221 Å². The zero-order valence-corrected chi connectivity index (χ0v) is 22.1. The third-order valence-electron chi connectivity index (χ3n) is 6.12. The fourth-order valence-electron chi connectivity index (χ4n) is 4.08. The SMILES string of the molecule is COc1ccc(CCNc2oc(-c3ccc(C)cc3)nc2S(=O)(=O)c2ccc3c(c2)OCCO3)cc1OC. The summed E-state index contributed by atoms with van der Waals surface area (Å²) in [5.74, 6) is 2.40. The van der Waals surface area contributed by atoms with Gasteiger partial charge in [-0.3, -0.25) is 0 Å². The Balaban J connectivity index is 1.46. The van der Waals surface area contributed by atoms with Gasteiger partial charge in [0, 0.05) is 18.2 Å². The van der Waals surface area contributed by atoms with E-state index in [-0.39, 0.29) is 21.7 Å². The molecule has 0 fully saturated rings. The number of aryl methyl sites for hydroxylation is 1. The highest BCUT2D eigenvalue weighted by Crippen LogP contribution is 2.37. The van der Waals surface area contributed by atoms with Crippen LogP contribution >= 0.6 is 0 Å². The van der Waals surface area contributed by atoms with Gasteiger partial charge in [0.05, 0.1) is 19.1 Å². The van der Waals surface area contributed by atoms with Crippen molar-refractivity contribution in [3.05, 3.63) is 71.8 Å². The van der Waals surface area contributed by atoms with Gasteiger partial charge in [-0.05, 0) is 55.3 Å². The highest BCUT2D eigenvalue weighted by molar-refractivity contribution is 7.91. The number of aromatic nitrogens is 1. The highest BCUT2D eigenvalue weighted by atomic mass is 32.2. The lowest BCUT2D eigenvalue weighted by Crippen LogP contribution is -2.16. The first-order valence-corrected chi connectivity index (χ1v) is 13.5. The van der Waals surface area contributed by atoms with Gasteiger partial charge < -0.3 is 28.7 Å². The smallest absolute Gasteiger partial charge is 0.233 e. The predicted molar refractivity (Wildman–Crippen MR) is 141 cm³/mol. The first kappa shape index (κ1) is 25.5. The van der Waals surface area contributed by atoms with E-state index in [0.29, 0.717) is 54.7 Å². The molecule has 38 heavy (non-hydrogen) atoms. The maximum absolute atomic E-state index is 13.7. The molecule has 0 amide bonds. The molecule has 10 heteroatoms. The van der Waals surface area contributed by atoms with Crippen molar-refractivity contribution in [1.82, 2.24) is 4.98 Å². The average molecular weight is 537 g/mol. The van der Waals surface area contributed by atoms with Gasteiger partial charge in [-0.25, -0.2) is 8.42 Å². The van der Waals surface area contributed by atoms with E-state index < -0.39 is 9.84 Å². The number of nitrogens with one attached hydrogen (secondary N) is 1. The molecule has 1 aromatic heterocycles. The molecule has 0 spiro atoms. The summed E-state index contributed by atoms with van der Waals surface area (Å²) in [6.45, 7) is 3.12. The zero-order valence-electron chi connectivity index (χ0n) is 21.3. The first-order chi connectivity index (χ1) is 18.4. The highest BCUT2D eigenvalue weighted by Gasteiger charge is 2.30. The molecule has 0 saturated carbocycles. The summed E-state index contributed by atoms with van der Waals surface area (Å²) < 4.78 is 55.3. The second-order valence-electron chi connectivity index (χ2n) is 8.69. The van der Waals surface area contributed by atoms with E-state index in [1.54, 1.807) is 20.3 Å². The average Bonchev–Trinajstić information content (AvgIpc) is 3.38. The molecule has 0 aliphatic carbocycles. The van der Waals surface area contributed by atoms with Crippen molar-refractivity contribution >= 4 is 15.7 Å². The number of nitrogens with zero attached hydrogens (tertiary/aromatic N) is 1. The summed E-state index contributed by atoms with van der Waals surface area (Å²) in [5, 5.41) is 2.93. The Bertz CT molecular complexity index is 1550. The molecular weight excluding hydrogens is 508 g/mol. The molecule has 1 aliphatic rings. The van der Waals surface area contributed by atoms with Crippen molar-refractivity contribution in [1.29, 1.82) is 0 Å². The Morgan fingerprint density at radius 3 is 2.37 bits per heavy atom. The van der Waals surface area contributed by atoms with E-state index in [1.165, 1.54) is 12.1 Å². The summed E-state index contributed by atoms with van der Waals surface area (Å²) in [6, 6.07) is 17.7. The molecule has 198 valence electrons. The van der Waals surface area contributed by atoms with Crippen molar-refractivity contribution in [3.8, 4) is 34.5 Å². The van der Waals surface area contributed by atoms with Crippen LogP contribution in [-0.4, -0.2) is 47.4 Å². The van der Waals surface area contributed by atoms with Crippen LogP contribution in [0.25, 0.3) is 11.5 Å². The number of benzene rings is 3. The van der Waals surface area contributed by atoms with Crippen LogP contribution in [0.4, 0.5) is 5.88 Å². The lowest BCUT2D eigenvalue weighted by Gasteiger charge is -2.18. The van der Waals surface area contributed by atoms with E-state index >= 15 is 0 Å². The largest absolute Gasteiger partial charge is 0.493 e. The van der Waals surface area contributed by atoms with Gasteiger partial charge in [0.25, 0.3) is 0 Å². The number of rotatable bonds is 9. The van der Waals surface area contributed by atoms with Crippen LogP contribution < -0.4 is 24.3 Å². The van der Waals surface area contributed by atoms with Gasteiger partial charge in [-0.2, -0.15) is 4.98 Å². The third kappa shape index (κ3) is 5.12. The Hall–Kier alpha value is -4.18. The minimum Gasteiger partial charge on any atom is -0.493 e. The minimum atomic E-state index is -4.05. The fourth-order valence-corrected chi connectivity index (χ4v) is 5.37. The van der Waals surface area contributed by atoms with Gasteiger partial charge in [0.1, 0.15) is 13.2 Å². The lowest BCUT2D eigenvalue weighted by molar-refractivity contribution is 0.171. The Morgan fingerprint density at radius 1 is 0.895 bits per heavy atom. The molecule has 0 saturated heterocycles. The number of sulfone groups is 1. The Morgan fingerprint density at radius 2 is 1.63 bits per heavy atom. The van der Waals surface area contributed by atoms with E-state index in [0.717, 1.165) is 11.1 Å². The van der Waals surface area contributed by atoms with E-state index in [2.05, 4.69) is 10.3 Å².